The summed E-state index contributed by atoms with van der Waals surface area (Å²) in [4.78, 5) is 12.0. The fraction of sp³-hybridized carbons (Fsp3) is 0.188. The molecule has 0 aliphatic carbocycles. The minimum Gasteiger partial charge on any atom is -0.507 e. The van der Waals surface area contributed by atoms with Crippen LogP contribution in [0, 0.1) is 11.6 Å². The number of ether oxygens (including phenoxy) is 2. The zero-order chi connectivity index (χ0) is 17.7. The Labute approximate surface area is 141 Å². The number of rotatable bonds is 6. The molecule has 0 aliphatic rings. The van der Waals surface area contributed by atoms with Crippen LogP contribution in [-0.4, -0.2) is 31.3 Å². The third kappa shape index (κ3) is 4.33. The second-order valence-electron chi connectivity index (χ2n) is 4.72. The predicted molar refractivity (Wildman–Crippen MR) is 84.8 cm³/mol. The van der Waals surface area contributed by atoms with Crippen LogP contribution < -0.4 is 10.1 Å². The van der Waals surface area contributed by atoms with Crippen LogP contribution in [-0.2, 0) is 4.74 Å². The van der Waals surface area contributed by atoms with E-state index in [0.717, 1.165) is 0 Å². The SMILES string of the molecule is COCCOc1ccc(NC(=O)c2c(O)cc(F)cc2F)cc1Cl. The number of benzene rings is 2. The first-order chi connectivity index (χ1) is 11.4. The van der Waals surface area contributed by atoms with Gasteiger partial charge in [-0.25, -0.2) is 8.78 Å². The van der Waals surface area contributed by atoms with Crippen molar-refractivity contribution in [2.24, 2.45) is 0 Å². The number of amides is 1. The van der Waals surface area contributed by atoms with Crippen LogP contribution in [0.4, 0.5) is 14.5 Å². The third-order valence-electron chi connectivity index (χ3n) is 3.00. The summed E-state index contributed by atoms with van der Waals surface area (Å²) < 4.78 is 36.8. The van der Waals surface area contributed by atoms with Crippen LogP contribution >= 0.6 is 11.6 Å². The molecule has 24 heavy (non-hydrogen) atoms. The molecule has 0 radical (unpaired) electrons. The van der Waals surface area contributed by atoms with E-state index in [0.29, 0.717) is 31.1 Å². The predicted octanol–water partition coefficient (Wildman–Crippen LogP) is 3.60. The first-order valence-electron chi connectivity index (χ1n) is 6.83. The molecule has 0 fully saturated rings. The summed E-state index contributed by atoms with van der Waals surface area (Å²) in [6.07, 6.45) is 0. The molecule has 0 bridgehead atoms. The fourth-order valence-electron chi connectivity index (χ4n) is 1.91. The van der Waals surface area contributed by atoms with Crippen LogP contribution in [0.3, 0.4) is 0 Å². The van der Waals surface area contributed by atoms with Gasteiger partial charge in [0, 0.05) is 24.9 Å². The van der Waals surface area contributed by atoms with Crippen molar-refractivity contribution in [2.75, 3.05) is 25.6 Å². The summed E-state index contributed by atoms with van der Waals surface area (Å²) in [6, 6.07) is 5.57. The van der Waals surface area contributed by atoms with Gasteiger partial charge in [0.15, 0.2) is 0 Å². The fourth-order valence-corrected chi connectivity index (χ4v) is 2.14. The highest BCUT2D eigenvalue weighted by Gasteiger charge is 2.19. The zero-order valence-electron chi connectivity index (χ0n) is 12.6. The Morgan fingerprint density at radius 2 is 2.00 bits per heavy atom. The Balaban J connectivity index is 2.14. The Morgan fingerprint density at radius 1 is 1.25 bits per heavy atom. The van der Waals surface area contributed by atoms with Crippen LogP contribution in [0.25, 0.3) is 0 Å². The number of carbonyl (C=O) groups excluding carboxylic acids is 1. The maximum absolute atomic E-state index is 13.7. The first-order valence-corrected chi connectivity index (χ1v) is 7.21. The minimum atomic E-state index is -1.17. The molecular weight excluding hydrogens is 344 g/mol. The zero-order valence-corrected chi connectivity index (χ0v) is 13.4. The van der Waals surface area contributed by atoms with Crippen molar-refractivity contribution in [2.45, 2.75) is 0 Å². The summed E-state index contributed by atoms with van der Waals surface area (Å²) >= 11 is 6.03. The first kappa shape index (κ1) is 18.0. The lowest BCUT2D eigenvalue weighted by atomic mass is 10.1. The van der Waals surface area contributed by atoms with E-state index in [9.17, 15) is 18.7 Å². The topological polar surface area (TPSA) is 67.8 Å². The molecule has 0 aromatic heterocycles. The number of methoxy groups -OCH3 is 1. The van der Waals surface area contributed by atoms with E-state index >= 15 is 0 Å². The van der Waals surface area contributed by atoms with Crippen molar-refractivity contribution >= 4 is 23.2 Å². The van der Waals surface area contributed by atoms with Gasteiger partial charge in [0.05, 0.1) is 11.6 Å². The number of carbonyl (C=O) groups is 1. The molecule has 0 atom stereocenters. The number of aromatic hydroxyl groups is 1. The lowest BCUT2D eigenvalue weighted by Crippen LogP contribution is -2.14. The summed E-state index contributed by atoms with van der Waals surface area (Å²) in [5.41, 5.74) is -0.403. The van der Waals surface area contributed by atoms with Gasteiger partial charge >= 0.3 is 0 Å². The number of phenolic OH excluding ortho intramolecular Hbond substituents is 1. The highest BCUT2D eigenvalue weighted by Crippen LogP contribution is 2.29. The molecule has 5 nitrogen and oxygen atoms in total. The number of phenols is 1. The largest absolute Gasteiger partial charge is 0.507 e. The van der Waals surface area contributed by atoms with Gasteiger partial charge in [0.2, 0.25) is 0 Å². The summed E-state index contributed by atoms with van der Waals surface area (Å²) in [6.45, 7) is 0.689. The van der Waals surface area contributed by atoms with Gasteiger partial charge in [-0.05, 0) is 18.2 Å². The molecular formula is C16H14ClF2NO4. The Kier molecular flexibility index (Phi) is 5.94. The van der Waals surface area contributed by atoms with E-state index in [2.05, 4.69) is 5.32 Å². The number of halogens is 3. The number of hydrogen-bond donors (Lipinski definition) is 2. The minimum absolute atomic E-state index is 0.229. The molecule has 2 N–H and O–H groups in total. The van der Waals surface area contributed by atoms with E-state index in [4.69, 9.17) is 21.1 Å². The van der Waals surface area contributed by atoms with Crippen molar-refractivity contribution in [3.63, 3.8) is 0 Å². The van der Waals surface area contributed by atoms with Gasteiger partial charge in [-0.3, -0.25) is 4.79 Å². The molecule has 128 valence electrons. The summed E-state index contributed by atoms with van der Waals surface area (Å²) in [5, 5.41) is 12.1. The molecule has 2 aromatic carbocycles. The molecule has 1 amide bonds. The maximum atomic E-state index is 13.7. The highest BCUT2D eigenvalue weighted by molar-refractivity contribution is 6.32. The van der Waals surface area contributed by atoms with Crippen molar-refractivity contribution in [3.8, 4) is 11.5 Å². The van der Waals surface area contributed by atoms with E-state index in [-0.39, 0.29) is 10.7 Å². The van der Waals surface area contributed by atoms with Gasteiger partial charge in [0.1, 0.15) is 35.3 Å². The average Bonchev–Trinajstić information content (AvgIpc) is 2.48. The van der Waals surface area contributed by atoms with Crippen molar-refractivity contribution in [1.82, 2.24) is 0 Å². The maximum Gasteiger partial charge on any atom is 0.262 e. The van der Waals surface area contributed by atoms with E-state index in [1.165, 1.54) is 25.3 Å². The van der Waals surface area contributed by atoms with Gasteiger partial charge in [0.25, 0.3) is 5.91 Å². The monoisotopic (exact) mass is 357 g/mol. The van der Waals surface area contributed by atoms with Gasteiger partial charge in [-0.2, -0.15) is 0 Å². The smallest absolute Gasteiger partial charge is 0.262 e. The van der Waals surface area contributed by atoms with E-state index in [1.807, 2.05) is 0 Å². The van der Waals surface area contributed by atoms with Crippen molar-refractivity contribution in [3.05, 3.63) is 52.6 Å². The number of hydrogen-bond acceptors (Lipinski definition) is 4. The number of nitrogens with one attached hydrogen (secondary N) is 1. The Morgan fingerprint density at radius 3 is 2.62 bits per heavy atom. The van der Waals surface area contributed by atoms with Gasteiger partial charge in [-0.15, -0.1) is 0 Å². The van der Waals surface area contributed by atoms with Crippen molar-refractivity contribution < 1.29 is 28.2 Å². The lowest BCUT2D eigenvalue weighted by molar-refractivity contribution is 0.102. The van der Waals surface area contributed by atoms with Crippen molar-refractivity contribution in [1.29, 1.82) is 0 Å². The second kappa shape index (κ2) is 7.94. The molecule has 0 unspecified atom stereocenters. The molecule has 0 spiro atoms. The number of anilines is 1. The quantitative estimate of drug-likeness (QED) is 0.775. The highest BCUT2D eigenvalue weighted by atomic mass is 35.5. The molecule has 0 saturated heterocycles. The van der Waals surface area contributed by atoms with Crippen LogP contribution in [0.1, 0.15) is 10.4 Å². The molecule has 0 heterocycles. The Hall–Kier alpha value is -2.38. The summed E-state index contributed by atoms with van der Waals surface area (Å²) in [7, 11) is 1.54. The standard InChI is InChI=1S/C16H14ClF2NO4/c1-23-4-5-24-14-3-2-10(8-11(14)17)20-16(22)15-12(19)6-9(18)7-13(15)21/h2-3,6-8,21H,4-5H2,1H3,(H,20,22). The summed E-state index contributed by atoms with van der Waals surface area (Å²) in [5.74, 6) is -3.50. The molecule has 8 heteroatoms. The van der Waals surface area contributed by atoms with Gasteiger partial charge < -0.3 is 19.9 Å². The third-order valence-corrected chi connectivity index (χ3v) is 3.29. The van der Waals surface area contributed by atoms with Gasteiger partial charge in [-0.1, -0.05) is 11.6 Å². The van der Waals surface area contributed by atoms with E-state index in [1.54, 1.807) is 0 Å². The lowest BCUT2D eigenvalue weighted by Gasteiger charge is -2.11. The molecule has 0 saturated carbocycles. The molecule has 0 aliphatic heterocycles. The van der Waals surface area contributed by atoms with Crippen LogP contribution in [0.2, 0.25) is 5.02 Å². The molecule has 2 rings (SSSR count). The van der Waals surface area contributed by atoms with Crippen LogP contribution in [0.5, 0.6) is 11.5 Å². The Bertz CT molecular complexity index is 732. The van der Waals surface area contributed by atoms with E-state index < -0.39 is 28.9 Å². The van der Waals surface area contributed by atoms with Crippen LogP contribution in [0.15, 0.2) is 30.3 Å². The normalized spacial score (nSPS) is 10.5. The molecule has 2 aromatic rings. The second-order valence-corrected chi connectivity index (χ2v) is 5.13. The average molecular weight is 358 g/mol.